The Balaban J connectivity index is 1.90. The van der Waals surface area contributed by atoms with Crippen molar-refractivity contribution in [1.29, 1.82) is 0 Å². The first-order chi connectivity index (χ1) is 8.08. The smallest absolute Gasteiger partial charge is 0.376 e. The molecule has 94 valence electrons. The number of hydrogen-bond donors (Lipinski definition) is 1. The minimum atomic E-state index is -0.345. The molecule has 0 unspecified atom stereocenters. The van der Waals surface area contributed by atoms with Crippen molar-refractivity contribution in [3.63, 3.8) is 0 Å². The third kappa shape index (κ3) is 3.23. The van der Waals surface area contributed by atoms with Gasteiger partial charge in [0.2, 0.25) is 0 Å². The standard InChI is InChI=1S/C11H19BIN3O/c1-12(17)15(2)10-3-5-11(6-4-10)16-8-9(13)7-14-16/h7-8,10-11,17H,3-6H2,1-2H3. The van der Waals surface area contributed by atoms with Gasteiger partial charge in [0, 0.05) is 12.2 Å². The highest BCUT2D eigenvalue weighted by molar-refractivity contribution is 14.1. The van der Waals surface area contributed by atoms with E-state index in [9.17, 15) is 5.02 Å². The van der Waals surface area contributed by atoms with Crippen molar-refractivity contribution in [3.05, 3.63) is 16.0 Å². The Morgan fingerprint density at radius 2 is 2.12 bits per heavy atom. The molecule has 1 aromatic rings. The molecular weight excluding hydrogens is 328 g/mol. The summed E-state index contributed by atoms with van der Waals surface area (Å²) < 4.78 is 3.30. The van der Waals surface area contributed by atoms with Crippen molar-refractivity contribution < 1.29 is 5.02 Å². The summed E-state index contributed by atoms with van der Waals surface area (Å²) in [6.07, 6.45) is 8.61. The van der Waals surface area contributed by atoms with Gasteiger partial charge in [0.05, 0.1) is 15.8 Å². The van der Waals surface area contributed by atoms with Crippen LogP contribution in [0.2, 0.25) is 6.82 Å². The molecule has 0 amide bonds. The number of aromatic nitrogens is 2. The molecule has 2 rings (SSSR count). The first kappa shape index (κ1) is 13.4. The van der Waals surface area contributed by atoms with Crippen LogP contribution in [0.1, 0.15) is 31.7 Å². The molecule has 0 bridgehead atoms. The van der Waals surface area contributed by atoms with E-state index in [1.165, 1.54) is 3.57 Å². The van der Waals surface area contributed by atoms with Gasteiger partial charge in [-0.3, -0.25) is 4.68 Å². The number of hydrogen-bond acceptors (Lipinski definition) is 3. The molecule has 1 N–H and O–H groups in total. The van der Waals surface area contributed by atoms with Gasteiger partial charge < -0.3 is 9.83 Å². The Morgan fingerprint density at radius 1 is 1.47 bits per heavy atom. The zero-order valence-corrected chi connectivity index (χ0v) is 12.5. The van der Waals surface area contributed by atoms with Gasteiger partial charge in [-0.1, -0.05) is 0 Å². The largest absolute Gasteiger partial charge is 0.437 e. The van der Waals surface area contributed by atoms with Gasteiger partial charge in [0.25, 0.3) is 0 Å². The maximum atomic E-state index is 9.57. The average molecular weight is 347 g/mol. The van der Waals surface area contributed by atoms with Gasteiger partial charge in [-0.15, -0.1) is 0 Å². The van der Waals surface area contributed by atoms with Crippen molar-refractivity contribution in [2.24, 2.45) is 0 Å². The number of nitrogens with zero attached hydrogens (tertiary/aromatic N) is 3. The summed E-state index contributed by atoms with van der Waals surface area (Å²) >= 11 is 2.30. The Hall–Kier alpha value is -0.0751. The lowest BCUT2D eigenvalue weighted by molar-refractivity contribution is 0.213. The van der Waals surface area contributed by atoms with E-state index in [4.69, 9.17) is 0 Å². The van der Waals surface area contributed by atoms with E-state index in [0.29, 0.717) is 12.1 Å². The summed E-state index contributed by atoms with van der Waals surface area (Å²) in [5.41, 5.74) is 0. The van der Waals surface area contributed by atoms with Crippen LogP contribution in [-0.2, 0) is 0 Å². The third-order valence-corrected chi connectivity index (χ3v) is 4.33. The van der Waals surface area contributed by atoms with Crippen LogP contribution >= 0.6 is 22.6 Å². The Kier molecular flexibility index (Phi) is 4.49. The molecule has 1 aliphatic rings. The maximum Gasteiger partial charge on any atom is 0.376 e. The summed E-state index contributed by atoms with van der Waals surface area (Å²) in [4.78, 5) is 2.07. The van der Waals surface area contributed by atoms with Gasteiger partial charge >= 0.3 is 7.05 Å². The lowest BCUT2D eigenvalue weighted by Gasteiger charge is -2.35. The van der Waals surface area contributed by atoms with E-state index >= 15 is 0 Å². The summed E-state index contributed by atoms with van der Waals surface area (Å²) in [7, 11) is 1.66. The molecule has 0 radical (unpaired) electrons. The fourth-order valence-corrected chi connectivity index (χ4v) is 2.96. The Bertz CT molecular complexity index is 363. The molecule has 4 nitrogen and oxygen atoms in total. The monoisotopic (exact) mass is 347 g/mol. The molecular formula is C11H19BIN3O. The van der Waals surface area contributed by atoms with Crippen molar-refractivity contribution in [1.82, 2.24) is 14.6 Å². The molecule has 1 aromatic heterocycles. The molecule has 1 saturated carbocycles. The summed E-state index contributed by atoms with van der Waals surface area (Å²) in [6.45, 7) is 1.84. The lowest BCUT2D eigenvalue weighted by Crippen LogP contribution is -2.43. The van der Waals surface area contributed by atoms with Crippen molar-refractivity contribution in [3.8, 4) is 0 Å². The van der Waals surface area contributed by atoms with Crippen LogP contribution in [0, 0.1) is 3.57 Å². The molecule has 6 heteroatoms. The van der Waals surface area contributed by atoms with Crippen LogP contribution in [-0.4, -0.2) is 39.8 Å². The van der Waals surface area contributed by atoms with Gasteiger partial charge in [-0.05, 0) is 62.1 Å². The number of halogens is 1. The fraction of sp³-hybridized carbons (Fsp3) is 0.727. The lowest BCUT2D eigenvalue weighted by atomic mass is 9.79. The highest BCUT2D eigenvalue weighted by Gasteiger charge is 2.28. The highest BCUT2D eigenvalue weighted by Crippen LogP contribution is 2.30. The third-order valence-electron chi connectivity index (χ3n) is 3.78. The topological polar surface area (TPSA) is 41.3 Å². The first-order valence-electron chi connectivity index (χ1n) is 6.17. The van der Waals surface area contributed by atoms with Gasteiger partial charge in [0.15, 0.2) is 0 Å². The number of rotatable bonds is 3. The maximum absolute atomic E-state index is 9.57. The van der Waals surface area contributed by atoms with Crippen LogP contribution < -0.4 is 0 Å². The predicted octanol–water partition coefficient (Wildman–Crippen LogP) is 2.01. The SMILES string of the molecule is CB(O)N(C)C1CCC(n2cc(I)cn2)CC1. The average Bonchev–Trinajstić information content (AvgIpc) is 2.75. The normalized spacial score (nSPS) is 25.2. The fourth-order valence-electron chi connectivity index (χ4n) is 2.55. The highest BCUT2D eigenvalue weighted by atomic mass is 127. The predicted molar refractivity (Wildman–Crippen MR) is 77.8 cm³/mol. The van der Waals surface area contributed by atoms with Crippen LogP contribution in [0.4, 0.5) is 0 Å². The molecule has 0 saturated heterocycles. The van der Waals surface area contributed by atoms with Crippen molar-refractivity contribution in [2.75, 3.05) is 7.05 Å². The minimum absolute atomic E-state index is 0.345. The first-order valence-corrected chi connectivity index (χ1v) is 7.25. The molecule has 0 spiro atoms. The van der Waals surface area contributed by atoms with E-state index in [1.807, 2.05) is 20.1 Å². The molecule has 17 heavy (non-hydrogen) atoms. The molecule has 0 atom stereocenters. The van der Waals surface area contributed by atoms with Gasteiger partial charge in [0.1, 0.15) is 0 Å². The second-order valence-electron chi connectivity index (χ2n) is 4.90. The summed E-state index contributed by atoms with van der Waals surface area (Å²) in [5, 5.41) is 14.0. The van der Waals surface area contributed by atoms with E-state index in [0.717, 1.165) is 25.7 Å². The van der Waals surface area contributed by atoms with Crippen molar-refractivity contribution in [2.45, 2.75) is 44.6 Å². The van der Waals surface area contributed by atoms with Crippen LogP contribution in [0.25, 0.3) is 0 Å². The van der Waals surface area contributed by atoms with Crippen LogP contribution in [0.5, 0.6) is 0 Å². The molecule has 0 aromatic carbocycles. The van der Waals surface area contributed by atoms with E-state index in [-0.39, 0.29) is 7.05 Å². The van der Waals surface area contributed by atoms with E-state index in [1.54, 1.807) is 0 Å². The van der Waals surface area contributed by atoms with Crippen LogP contribution in [0.15, 0.2) is 12.4 Å². The molecule has 1 heterocycles. The van der Waals surface area contributed by atoms with Gasteiger partial charge in [-0.25, -0.2) is 0 Å². The molecule has 1 aliphatic carbocycles. The van der Waals surface area contributed by atoms with Gasteiger partial charge in [-0.2, -0.15) is 5.10 Å². The zero-order valence-electron chi connectivity index (χ0n) is 10.4. The van der Waals surface area contributed by atoms with Crippen LogP contribution in [0.3, 0.4) is 0 Å². The van der Waals surface area contributed by atoms with E-state index in [2.05, 4.69) is 43.4 Å². The quantitative estimate of drug-likeness (QED) is 0.672. The second kappa shape index (κ2) is 5.71. The molecule has 1 fully saturated rings. The second-order valence-corrected chi connectivity index (χ2v) is 6.14. The van der Waals surface area contributed by atoms with Crippen molar-refractivity contribution >= 4 is 29.6 Å². The minimum Gasteiger partial charge on any atom is -0.437 e. The summed E-state index contributed by atoms with van der Waals surface area (Å²) in [6, 6.07) is 1.05. The van der Waals surface area contributed by atoms with E-state index < -0.39 is 0 Å². The zero-order chi connectivity index (χ0) is 12.4. The molecule has 0 aliphatic heterocycles. The summed E-state index contributed by atoms with van der Waals surface area (Å²) in [5.74, 6) is 0. The Labute approximate surface area is 117 Å². The Morgan fingerprint density at radius 3 is 2.59 bits per heavy atom.